The van der Waals surface area contributed by atoms with Crippen LogP contribution in [0.25, 0.3) is 0 Å². The number of ether oxygens (including phenoxy) is 2. The van der Waals surface area contributed by atoms with E-state index in [0.29, 0.717) is 24.7 Å². The van der Waals surface area contributed by atoms with E-state index in [1.54, 1.807) is 12.1 Å². The van der Waals surface area contributed by atoms with E-state index in [1.165, 1.54) is 12.1 Å². The van der Waals surface area contributed by atoms with Crippen LogP contribution in [0.4, 0.5) is 4.39 Å². The molecule has 0 N–H and O–H groups in total. The Hall–Kier alpha value is -1.66. The summed E-state index contributed by atoms with van der Waals surface area (Å²) in [5.74, 6) is 0.773. The normalized spacial score (nSPS) is 25.4. The fourth-order valence-electron chi connectivity index (χ4n) is 4.79. The molecule has 0 aromatic heterocycles. The van der Waals surface area contributed by atoms with Gasteiger partial charge in [-0.05, 0) is 74.9 Å². The molecule has 6 heteroatoms. The van der Waals surface area contributed by atoms with Crippen LogP contribution >= 0.6 is 0 Å². The molecule has 0 aliphatic carbocycles. The van der Waals surface area contributed by atoms with Gasteiger partial charge in [0.1, 0.15) is 18.2 Å². The van der Waals surface area contributed by atoms with Crippen molar-refractivity contribution in [1.82, 2.24) is 9.80 Å². The van der Waals surface area contributed by atoms with E-state index in [1.807, 2.05) is 0 Å². The van der Waals surface area contributed by atoms with Crippen LogP contribution in [0.15, 0.2) is 24.3 Å². The highest BCUT2D eigenvalue weighted by atomic mass is 19.1. The largest absolute Gasteiger partial charge is 0.492 e. The summed E-state index contributed by atoms with van der Waals surface area (Å²) < 4.78 is 24.4. The summed E-state index contributed by atoms with van der Waals surface area (Å²) in [5, 5.41) is 0. The number of amides is 1. The van der Waals surface area contributed by atoms with Crippen LogP contribution in [0.3, 0.4) is 0 Å². The Morgan fingerprint density at radius 2 is 1.96 bits per heavy atom. The predicted octanol–water partition coefficient (Wildman–Crippen LogP) is 3.09. The molecule has 0 bridgehead atoms. The summed E-state index contributed by atoms with van der Waals surface area (Å²) in [7, 11) is 0. The zero-order valence-electron chi connectivity index (χ0n) is 16.6. The third-order valence-corrected chi connectivity index (χ3v) is 6.60. The third kappa shape index (κ3) is 4.84. The highest BCUT2D eigenvalue weighted by Crippen LogP contribution is 2.40. The molecule has 1 aromatic carbocycles. The molecule has 154 valence electrons. The second-order valence-corrected chi connectivity index (χ2v) is 8.55. The fraction of sp³-hybridized carbons (Fsp3) is 0.682. The van der Waals surface area contributed by atoms with Crippen molar-refractivity contribution in [2.24, 2.45) is 5.41 Å². The number of rotatable bonds is 6. The lowest BCUT2D eigenvalue weighted by molar-refractivity contribution is -0.141. The molecule has 1 atom stereocenters. The average Bonchev–Trinajstić information content (AvgIpc) is 3.21. The first kappa shape index (κ1) is 19.6. The van der Waals surface area contributed by atoms with Gasteiger partial charge in [0.05, 0.1) is 6.10 Å². The van der Waals surface area contributed by atoms with Crippen molar-refractivity contribution in [2.75, 3.05) is 45.9 Å². The molecule has 0 radical (unpaired) electrons. The van der Waals surface area contributed by atoms with Gasteiger partial charge >= 0.3 is 0 Å². The molecule has 1 amide bonds. The first-order valence-corrected chi connectivity index (χ1v) is 10.6. The average molecular weight is 390 g/mol. The van der Waals surface area contributed by atoms with E-state index in [9.17, 15) is 9.18 Å². The Kier molecular flexibility index (Phi) is 6.16. The summed E-state index contributed by atoms with van der Waals surface area (Å²) in [5.41, 5.74) is 0.279. The molecular weight excluding hydrogens is 359 g/mol. The van der Waals surface area contributed by atoms with Gasteiger partial charge in [0.25, 0.3) is 0 Å². The smallest absolute Gasteiger partial charge is 0.222 e. The van der Waals surface area contributed by atoms with Crippen LogP contribution in [0.2, 0.25) is 0 Å². The van der Waals surface area contributed by atoms with Gasteiger partial charge in [-0.3, -0.25) is 9.69 Å². The number of hydrogen-bond acceptors (Lipinski definition) is 4. The summed E-state index contributed by atoms with van der Waals surface area (Å²) >= 11 is 0. The molecule has 1 aromatic rings. The molecule has 3 saturated heterocycles. The molecular formula is C22H31FN2O3. The standard InChI is InChI=1S/C22H31FN2O3/c23-18-3-5-19(6-4-18)28-15-13-24-11-9-22(10-12-24)8-7-21(26)25(17-22)16-20-2-1-14-27-20/h3-6,20H,1-2,7-17H2/t20-/m1/s1. The van der Waals surface area contributed by atoms with Crippen LogP contribution in [0, 0.1) is 11.2 Å². The number of halogens is 1. The van der Waals surface area contributed by atoms with Crippen LogP contribution in [-0.2, 0) is 9.53 Å². The number of carbonyl (C=O) groups is 1. The lowest BCUT2D eigenvalue weighted by Crippen LogP contribution is -2.53. The lowest BCUT2D eigenvalue weighted by Gasteiger charge is -2.47. The molecule has 3 fully saturated rings. The highest BCUT2D eigenvalue weighted by molar-refractivity contribution is 5.77. The molecule has 4 rings (SSSR count). The molecule has 0 unspecified atom stereocenters. The molecule has 3 aliphatic heterocycles. The zero-order chi connectivity index (χ0) is 19.4. The fourth-order valence-corrected chi connectivity index (χ4v) is 4.79. The molecule has 5 nitrogen and oxygen atoms in total. The minimum absolute atomic E-state index is 0.239. The minimum atomic E-state index is -0.242. The van der Waals surface area contributed by atoms with Crippen molar-refractivity contribution in [3.05, 3.63) is 30.1 Å². The van der Waals surface area contributed by atoms with Gasteiger partial charge in [-0.25, -0.2) is 4.39 Å². The van der Waals surface area contributed by atoms with Crippen molar-refractivity contribution in [2.45, 2.75) is 44.6 Å². The topological polar surface area (TPSA) is 42.0 Å². The van der Waals surface area contributed by atoms with E-state index >= 15 is 0 Å². The number of piperidine rings is 2. The molecule has 3 heterocycles. The van der Waals surface area contributed by atoms with Crippen LogP contribution in [0.1, 0.15) is 38.5 Å². The third-order valence-electron chi connectivity index (χ3n) is 6.60. The Balaban J connectivity index is 1.22. The first-order valence-electron chi connectivity index (χ1n) is 10.6. The van der Waals surface area contributed by atoms with Crippen LogP contribution < -0.4 is 4.74 Å². The minimum Gasteiger partial charge on any atom is -0.492 e. The van der Waals surface area contributed by atoms with E-state index in [0.717, 1.165) is 71.4 Å². The predicted molar refractivity (Wildman–Crippen MR) is 105 cm³/mol. The van der Waals surface area contributed by atoms with Gasteiger partial charge in [-0.1, -0.05) is 0 Å². The van der Waals surface area contributed by atoms with Crippen molar-refractivity contribution in [3.63, 3.8) is 0 Å². The van der Waals surface area contributed by atoms with E-state index in [4.69, 9.17) is 9.47 Å². The maximum atomic E-state index is 12.9. The van der Waals surface area contributed by atoms with Crippen LogP contribution in [-0.4, -0.2) is 67.7 Å². The Morgan fingerprint density at radius 1 is 1.18 bits per heavy atom. The van der Waals surface area contributed by atoms with Gasteiger partial charge in [0, 0.05) is 32.7 Å². The zero-order valence-corrected chi connectivity index (χ0v) is 16.6. The van der Waals surface area contributed by atoms with E-state index in [2.05, 4.69) is 9.80 Å². The summed E-state index contributed by atoms with van der Waals surface area (Å²) in [6, 6.07) is 6.18. The Bertz CT molecular complexity index is 652. The maximum Gasteiger partial charge on any atom is 0.222 e. The molecule has 1 spiro atoms. The van der Waals surface area contributed by atoms with Crippen molar-refractivity contribution in [3.8, 4) is 5.75 Å². The van der Waals surface area contributed by atoms with Crippen molar-refractivity contribution in [1.29, 1.82) is 0 Å². The van der Waals surface area contributed by atoms with Gasteiger partial charge in [0.15, 0.2) is 0 Å². The van der Waals surface area contributed by atoms with Gasteiger partial charge in [-0.2, -0.15) is 0 Å². The quantitative estimate of drug-likeness (QED) is 0.749. The van der Waals surface area contributed by atoms with E-state index in [-0.39, 0.29) is 17.3 Å². The Labute approximate surface area is 166 Å². The van der Waals surface area contributed by atoms with Crippen molar-refractivity contribution < 1.29 is 18.7 Å². The summed E-state index contributed by atoms with van der Waals surface area (Å²) in [4.78, 5) is 16.9. The number of nitrogens with zero attached hydrogens (tertiary/aromatic N) is 2. The maximum absolute atomic E-state index is 12.9. The number of hydrogen-bond donors (Lipinski definition) is 0. The monoisotopic (exact) mass is 390 g/mol. The van der Waals surface area contributed by atoms with Crippen LogP contribution in [0.5, 0.6) is 5.75 Å². The van der Waals surface area contributed by atoms with Gasteiger partial charge in [-0.15, -0.1) is 0 Å². The summed E-state index contributed by atoms with van der Waals surface area (Å²) in [6.45, 7) is 6.10. The number of benzene rings is 1. The second kappa shape index (κ2) is 8.78. The number of likely N-dealkylation sites (tertiary alicyclic amines) is 2. The van der Waals surface area contributed by atoms with Gasteiger partial charge in [0.2, 0.25) is 5.91 Å². The first-order chi connectivity index (χ1) is 13.6. The van der Waals surface area contributed by atoms with Crippen molar-refractivity contribution >= 4 is 5.91 Å². The Morgan fingerprint density at radius 3 is 2.68 bits per heavy atom. The molecule has 28 heavy (non-hydrogen) atoms. The van der Waals surface area contributed by atoms with E-state index < -0.39 is 0 Å². The van der Waals surface area contributed by atoms with Gasteiger partial charge < -0.3 is 14.4 Å². The molecule has 3 aliphatic rings. The lowest BCUT2D eigenvalue weighted by atomic mass is 9.72. The second-order valence-electron chi connectivity index (χ2n) is 8.55. The molecule has 0 saturated carbocycles. The SMILES string of the molecule is O=C1CCC2(CCN(CCOc3ccc(F)cc3)CC2)CN1C[C@H]1CCCO1. The summed E-state index contributed by atoms with van der Waals surface area (Å²) in [6.07, 6.45) is 6.42. The number of carbonyl (C=O) groups excluding carboxylic acids is 1. The highest BCUT2D eigenvalue weighted by Gasteiger charge is 2.41.